The highest BCUT2D eigenvalue weighted by molar-refractivity contribution is 5.18. The second kappa shape index (κ2) is 6.59. The number of aliphatic hydroxyl groups is 1. The van der Waals surface area contributed by atoms with Crippen LogP contribution in [0, 0.1) is 0 Å². The first-order chi connectivity index (χ1) is 7.24. The van der Waals surface area contributed by atoms with Crippen LogP contribution < -0.4 is 5.32 Å². The van der Waals surface area contributed by atoms with Gasteiger partial charge >= 0.3 is 0 Å². The van der Waals surface area contributed by atoms with Crippen LogP contribution in [0.3, 0.4) is 0 Å². The third-order valence-corrected chi connectivity index (χ3v) is 2.67. The van der Waals surface area contributed by atoms with E-state index in [0.717, 1.165) is 13.0 Å². The maximum absolute atomic E-state index is 9.38. The Hall–Kier alpha value is -0.860. The van der Waals surface area contributed by atoms with Crippen molar-refractivity contribution in [2.75, 3.05) is 13.1 Å². The van der Waals surface area contributed by atoms with Crippen LogP contribution in [-0.4, -0.2) is 24.3 Å². The van der Waals surface area contributed by atoms with E-state index in [-0.39, 0.29) is 6.10 Å². The summed E-state index contributed by atoms with van der Waals surface area (Å²) >= 11 is 0. The predicted octanol–water partition coefficient (Wildman–Crippen LogP) is 2.15. The normalized spacial score (nSPS) is 14.9. The molecule has 0 amide bonds. The van der Waals surface area contributed by atoms with E-state index in [1.54, 1.807) is 0 Å². The van der Waals surface area contributed by atoms with Crippen molar-refractivity contribution in [2.24, 2.45) is 0 Å². The van der Waals surface area contributed by atoms with Gasteiger partial charge in [-0.3, -0.25) is 0 Å². The summed E-state index contributed by atoms with van der Waals surface area (Å²) in [6, 6.07) is 10.4. The zero-order valence-electron chi connectivity index (χ0n) is 9.61. The molecule has 0 bridgehead atoms. The highest BCUT2D eigenvalue weighted by atomic mass is 16.3. The zero-order chi connectivity index (χ0) is 11.1. The SMILES string of the molecule is CCC(O)CNCC(C)c1ccccc1. The molecule has 84 valence electrons. The average molecular weight is 207 g/mol. The molecule has 0 aliphatic rings. The van der Waals surface area contributed by atoms with Crippen LogP contribution >= 0.6 is 0 Å². The van der Waals surface area contributed by atoms with E-state index in [0.29, 0.717) is 12.5 Å². The Kier molecular flexibility index (Phi) is 5.37. The van der Waals surface area contributed by atoms with Crippen LogP contribution in [-0.2, 0) is 0 Å². The smallest absolute Gasteiger partial charge is 0.0662 e. The second-order valence-electron chi connectivity index (χ2n) is 4.03. The molecule has 15 heavy (non-hydrogen) atoms. The van der Waals surface area contributed by atoms with Crippen molar-refractivity contribution in [1.29, 1.82) is 0 Å². The molecule has 0 spiro atoms. The molecular formula is C13H21NO. The van der Waals surface area contributed by atoms with Crippen molar-refractivity contribution in [3.05, 3.63) is 35.9 Å². The molecule has 2 atom stereocenters. The monoisotopic (exact) mass is 207 g/mol. The summed E-state index contributed by atoms with van der Waals surface area (Å²) in [6.07, 6.45) is 0.597. The molecule has 0 saturated heterocycles. The van der Waals surface area contributed by atoms with Crippen LogP contribution in [0.1, 0.15) is 31.7 Å². The van der Waals surface area contributed by atoms with Crippen LogP contribution in [0.2, 0.25) is 0 Å². The summed E-state index contributed by atoms with van der Waals surface area (Å²) in [7, 11) is 0. The Morgan fingerprint density at radius 3 is 2.47 bits per heavy atom. The Bertz CT molecular complexity index is 260. The maximum atomic E-state index is 9.38. The molecule has 2 nitrogen and oxygen atoms in total. The Labute approximate surface area is 92.3 Å². The molecule has 2 unspecified atom stereocenters. The fourth-order valence-corrected chi connectivity index (χ4v) is 1.51. The molecule has 1 aromatic rings. The summed E-state index contributed by atoms with van der Waals surface area (Å²) in [6.45, 7) is 5.79. The van der Waals surface area contributed by atoms with E-state index in [2.05, 4.69) is 36.5 Å². The van der Waals surface area contributed by atoms with Crippen molar-refractivity contribution in [3.8, 4) is 0 Å². The van der Waals surface area contributed by atoms with Gasteiger partial charge in [0.05, 0.1) is 6.10 Å². The number of nitrogens with one attached hydrogen (secondary N) is 1. The number of hydrogen-bond donors (Lipinski definition) is 2. The highest BCUT2D eigenvalue weighted by Gasteiger charge is 2.05. The van der Waals surface area contributed by atoms with Gasteiger partial charge in [0.2, 0.25) is 0 Å². The third-order valence-electron chi connectivity index (χ3n) is 2.67. The van der Waals surface area contributed by atoms with Crippen molar-refractivity contribution in [2.45, 2.75) is 32.3 Å². The van der Waals surface area contributed by atoms with Gasteiger partial charge in [-0.25, -0.2) is 0 Å². The summed E-state index contributed by atoms with van der Waals surface area (Å²) in [5.41, 5.74) is 1.34. The molecule has 0 heterocycles. The fourth-order valence-electron chi connectivity index (χ4n) is 1.51. The molecule has 0 aromatic heterocycles. The topological polar surface area (TPSA) is 32.3 Å². The van der Waals surface area contributed by atoms with Crippen molar-refractivity contribution in [1.82, 2.24) is 5.32 Å². The van der Waals surface area contributed by atoms with Crippen LogP contribution in [0.15, 0.2) is 30.3 Å². The minimum absolute atomic E-state index is 0.215. The Morgan fingerprint density at radius 2 is 1.87 bits per heavy atom. The summed E-state index contributed by atoms with van der Waals surface area (Å²) < 4.78 is 0. The van der Waals surface area contributed by atoms with Crippen LogP contribution in [0.4, 0.5) is 0 Å². The maximum Gasteiger partial charge on any atom is 0.0662 e. The lowest BCUT2D eigenvalue weighted by molar-refractivity contribution is 0.167. The molecule has 0 radical (unpaired) electrons. The van der Waals surface area contributed by atoms with Gasteiger partial charge in [-0.15, -0.1) is 0 Å². The molecular weight excluding hydrogens is 186 g/mol. The first-order valence-electron chi connectivity index (χ1n) is 5.67. The van der Waals surface area contributed by atoms with Gasteiger partial charge in [0.1, 0.15) is 0 Å². The zero-order valence-corrected chi connectivity index (χ0v) is 9.61. The van der Waals surface area contributed by atoms with Crippen molar-refractivity contribution >= 4 is 0 Å². The van der Waals surface area contributed by atoms with Crippen LogP contribution in [0.5, 0.6) is 0 Å². The second-order valence-corrected chi connectivity index (χ2v) is 4.03. The lowest BCUT2D eigenvalue weighted by Gasteiger charge is -2.14. The first kappa shape index (κ1) is 12.2. The lowest BCUT2D eigenvalue weighted by Crippen LogP contribution is -2.29. The fraction of sp³-hybridized carbons (Fsp3) is 0.538. The predicted molar refractivity (Wildman–Crippen MR) is 64.0 cm³/mol. The van der Waals surface area contributed by atoms with Gasteiger partial charge in [-0.05, 0) is 17.9 Å². The minimum atomic E-state index is -0.215. The van der Waals surface area contributed by atoms with Gasteiger partial charge in [-0.1, -0.05) is 44.2 Å². The molecule has 0 fully saturated rings. The number of aliphatic hydroxyl groups excluding tert-OH is 1. The van der Waals surface area contributed by atoms with Gasteiger partial charge in [0, 0.05) is 13.1 Å². The average Bonchev–Trinajstić information content (AvgIpc) is 2.29. The van der Waals surface area contributed by atoms with E-state index < -0.39 is 0 Å². The summed E-state index contributed by atoms with van der Waals surface area (Å²) in [4.78, 5) is 0. The molecule has 0 aliphatic carbocycles. The van der Waals surface area contributed by atoms with Gasteiger partial charge < -0.3 is 10.4 Å². The van der Waals surface area contributed by atoms with Gasteiger partial charge in [0.25, 0.3) is 0 Å². The molecule has 1 aromatic carbocycles. The molecule has 1 rings (SSSR count). The molecule has 0 aliphatic heterocycles. The number of rotatable bonds is 6. The summed E-state index contributed by atoms with van der Waals surface area (Å²) in [5.74, 6) is 0.496. The standard InChI is InChI=1S/C13H21NO/c1-3-13(15)10-14-9-11(2)12-7-5-4-6-8-12/h4-8,11,13-15H,3,9-10H2,1-2H3. The third kappa shape index (κ3) is 4.45. The quantitative estimate of drug-likeness (QED) is 0.749. The number of hydrogen-bond acceptors (Lipinski definition) is 2. The number of benzene rings is 1. The van der Waals surface area contributed by atoms with Crippen LogP contribution in [0.25, 0.3) is 0 Å². The van der Waals surface area contributed by atoms with E-state index in [9.17, 15) is 5.11 Å². The molecule has 0 saturated carbocycles. The highest BCUT2D eigenvalue weighted by Crippen LogP contribution is 2.12. The minimum Gasteiger partial charge on any atom is -0.392 e. The Morgan fingerprint density at radius 1 is 1.20 bits per heavy atom. The van der Waals surface area contributed by atoms with E-state index in [1.807, 2.05) is 13.0 Å². The van der Waals surface area contributed by atoms with E-state index in [1.165, 1.54) is 5.56 Å². The molecule has 2 N–H and O–H groups in total. The van der Waals surface area contributed by atoms with Crippen molar-refractivity contribution in [3.63, 3.8) is 0 Å². The van der Waals surface area contributed by atoms with Crippen molar-refractivity contribution < 1.29 is 5.11 Å². The van der Waals surface area contributed by atoms with E-state index >= 15 is 0 Å². The lowest BCUT2D eigenvalue weighted by atomic mass is 10.0. The molecule has 2 heteroatoms. The largest absolute Gasteiger partial charge is 0.392 e. The van der Waals surface area contributed by atoms with E-state index in [4.69, 9.17) is 0 Å². The van der Waals surface area contributed by atoms with Gasteiger partial charge in [-0.2, -0.15) is 0 Å². The Balaban J connectivity index is 2.28. The van der Waals surface area contributed by atoms with Gasteiger partial charge in [0.15, 0.2) is 0 Å². The summed E-state index contributed by atoms with van der Waals surface area (Å²) in [5, 5.41) is 12.7. The first-order valence-corrected chi connectivity index (χ1v) is 5.67.